The van der Waals surface area contributed by atoms with Gasteiger partial charge in [-0.3, -0.25) is 0 Å². The molecule has 44 valence electrons. The van der Waals surface area contributed by atoms with E-state index in [0.29, 0.717) is 5.17 Å². The third-order valence-corrected chi connectivity index (χ3v) is 0.720. The van der Waals surface area contributed by atoms with Gasteiger partial charge >= 0.3 is 5.17 Å². The molecule has 0 heterocycles. The first-order valence-electron chi connectivity index (χ1n) is 2.34. The van der Waals surface area contributed by atoms with E-state index in [2.05, 4.69) is 22.3 Å². The van der Waals surface area contributed by atoms with Crippen molar-refractivity contribution in [1.29, 1.82) is 0 Å². The van der Waals surface area contributed by atoms with Crippen LogP contribution in [-0.4, -0.2) is 17.6 Å². The lowest BCUT2D eigenvalue weighted by atomic mass is 10.9. The SMILES string of the molecule is CC=NC(S)=[N+]=CC. The molecule has 0 amide bonds. The van der Waals surface area contributed by atoms with E-state index in [-0.39, 0.29) is 0 Å². The van der Waals surface area contributed by atoms with Gasteiger partial charge in [0.05, 0.1) is 0 Å². The summed E-state index contributed by atoms with van der Waals surface area (Å²) in [5.41, 5.74) is 0. The summed E-state index contributed by atoms with van der Waals surface area (Å²) in [6.45, 7) is 3.64. The van der Waals surface area contributed by atoms with E-state index in [9.17, 15) is 0 Å². The van der Waals surface area contributed by atoms with Crippen molar-refractivity contribution < 1.29 is 0 Å². The maximum Gasteiger partial charge on any atom is 0.447 e. The summed E-state index contributed by atoms with van der Waals surface area (Å²) < 4.78 is 3.77. The second-order valence-electron chi connectivity index (χ2n) is 1.07. The highest BCUT2D eigenvalue weighted by molar-refractivity contribution is 7.96. The fourth-order valence-electron chi connectivity index (χ4n) is 0.264. The highest BCUT2D eigenvalue weighted by Gasteiger charge is 1.91. The van der Waals surface area contributed by atoms with Crippen molar-refractivity contribution in [3.05, 3.63) is 0 Å². The van der Waals surface area contributed by atoms with Gasteiger partial charge in [0.25, 0.3) is 0 Å². The Labute approximate surface area is 54.5 Å². The molecule has 0 bridgehead atoms. The maximum atomic E-state index is 3.91. The van der Waals surface area contributed by atoms with Crippen LogP contribution in [0.4, 0.5) is 0 Å². The first-order chi connectivity index (χ1) is 3.81. The quantitative estimate of drug-likeness (QED) is 0.214. The number of hydrogen-bond donors (Lipinski definition) is 1. The number of amidine groups is 1. The van der Waals surface area contributed by atoms with Crippen LogP contribution in [0.25, 0.3) is 0 Å². The van der Waals surface area contributed by atoms with Crippen molar-refractivity contribution in [1.82, 2.24) is 4.67 Å². The van der Waals surface area contributed by atoms with Crippen molar-refractivity contribution in [3.63, 3.8) is 0 Å². The molecule has 8 heavy (non-hydrogen) atoms. The molecule has 0 fully saturated rings. The highest BCUT2D eigenvalue weighted by Crippen LogP contribution is 1.74. The van der Waals surface area contributed by atoms with Gasteiger partial charge in [-0.1, -0.05) is 0 Å². The minimum Gasteiger partial charge on any atom is -0.206 e. The third-order valence-electron chi connectivity index (χ3n) is 0.489. The van der Waals surface area contributed by atoms with Crippen LogP contribution < -0.4 is 4.67 Å². The van der Waals surface area contributed by atoms with Crippen molar-refractivity contribution >= 4 is 30.2 Å². The topological polar surface area (TPSA) is 26.5 Å². The van der Waals surface area contributed by atoms with E-state index in [4.69, 9.17) is 0 Å². The standard InChI is InChI=1S/C5H8N2S/c1-3-6-5(8)7-4-2/h3-4H,1-2H3/p+1. The average Bonchev–Trinajstić information content (AvgIpc) is 1.68. The van der Waals surface area contributed by atoms with Crippen LogP contribution in [0.2, 0.25) is 0 Å². The van der Waals surface area contributed by atoms with Gasteiger partial charge in [-0.25, -0.2) is 4.67 Å². The number of thiol groups is 1. The van der Waals surface area contributed by atoms with Gasteiger partial charge < -0.3 is 0 Å². The molecular formula is C5H9N2S+. The molecule has 0 saturated heterocycles. The molecule has 0 unspecified atom stereocenters. The molecule has 0 atom stereocenters. The van der Waals surface area contributed by atoms with E-state index in [1.807, 2.05) is 13.8 Å². The minimum atomic E-state index is 0.495. The van der Waals surface area contributed by atoms with Crippen LogP contribution in [-0.2, 0) is 0 Å². The van der Waals surface area contributed by atoms with E-state index in [0.717, 1.165) is 0 Å². The molecule has 3 heteroatoms. The minimum absolute atomic E-state index is 0.495. The Morgan fingerprint density at radius 2 is 2.25 bits per heavy atom. The van der Waals surface area contributed by atoms with Crippen molar-refractivity contribution in [2.45, 2.75) is 13.8 Å². The Morgan fingerprint density at radius 3 is 2.62 bits per heavy atom. The lowest BCUT2D eigenvalue weighted by molar-refractivity contribution is 1.60. The van der Waals surface area contributed by atoms with Gasteiger partial charge in [-0.15, -0.1) is 0 Å². The summed E-state index contributed by atoms with van der Waals surface area (Å²) in [5, 5.41) is 0.495. The molecule has 0 aromatic rings. The van der Waals surface area contributed by atoms with E-state index in [1.54, 1.807) is 12.4 Å². The van der Waals surface area contributed by atoms with Gasteiger partial charge in [0.2, 0.25) is 0 Å². The molecule has 0 N–H and O–H groups in total. The van der Waals surface area contributed by atoms with E-state index in [1.165, 1.54) is 0 Å². The zero-order valence-electron chi connectivity index (χ0n) is 5.00. The first-order valence-corrected chi connectivity index (χ1v) is 2.79. The monoisotopic (exact) mass is 129 g/mol. The summed E-state index contributed by atoms with van der Waals surface area (Å²) in [7, 11) is 0. The van der Waals surface area contributed by atoms with Crippen LogP contribution >= 0.6 is 12.6 Å². The molecule has 0 rings (SSSR count). The Kier molecular flexibility index (Phi) is 4.32. The predicted octanol–water partition coefficient (Wildman–Crippen LogP) is 0.521. The summed E-state index contributed by atoms with van der Waals surface area (Å²) in [6.07, 6.45) is 3.30. The lowest BCUT2D eigenvalue weighted by Crippen LogP contribution is -1.86. The van der Waals surface area contributed by atoms with Crippen LogP contribution in [0.3, 0.4) is 0 Å². The van der Waals surface area contributed by atoms with Crippen molar-refractivity contribution in [2.75, 3.05) is 0 Å². The zero-order chi connectivity index (χ0) is 6.41. The molecule has 0 aliphatic heterocycles. The second kappa shape index (κ2) is 4.62. The molecule has 0 aliphatic carbocycles. The van der Waals surface area contributed by atoms with Crippen LogP contribution in [0.15, 0.2) is 4.99 Å². The van der Waals surface area contributed by atoms with Crippen LogP contribution in [0.5, 0.6) is 0 Å². The van der Waals surface area contributed by atoms with E-state index < -0.39 is 0 Å². The van der Waals surface area contributed by atoms with Crippen LogP contribution in [0, 0.1) is 0 Å². The van der Waals surface area contributed by atoms with E-state index >= 15 is 0 Å². The fourth-order valence-corrected chi connectivity index (χ4v) is 0.495. The third kappa shape index (κ3) is 3.65. The van der Waals surface area contributed by atoms with Gasteiger partial charge in [0.15, 0.2) is 6.21 Å². The van der Waals surface area contributed by atoms with Gasteiger partial charge in [-0.05, 0) is 24.5 Å². The normalized spacial score (nSPS) is 8.88. The van der Waals surface area contributed by atoms with Gasteiger partial charge in [0.1, 0.15) is 6.21 Å². The Balaban J connectivity index is 4.01. The maximum absolute atomic E-state index is 3.91. The number of aliphatic imine (C=N–C) groups is 1. The fraction of sp³-hybridized carbons (Fsp3) is 0.400. The molecule has 0 radical (unpaired) electrons. The Hall–Kier alpha value is -0.530. The molecule has 2 nitrogen and oxygen atoms in total. The van der Waals surface area contributed by atoms with Crippen LogP contribution in [0.1, 0.15) is 13.8 Å². The molecular weight excluding hydrogens is 120 g/mol. The largest absolute Gasteiger partial charge is 0.447 e. The molecule has 0 aromatic carbocycles. The second-order valence-corrected chi connectivity index (χ2v) is 1.47. The summed E-state index contributed by atoms with van der Waals surface area (Å²) in [6, 6.07) is 0. The Bertz CT molecular complexity index is 143. The zero-order valence-corrected chi connectivity index (χ0v) is 5.89. The molecule has 0 aromatic heterocycles. The highest BCUT2D eigenvalue weighted by atomic mass is 32.1. The number of hydrogen-bond acceptors (Lipinski definition) is 0. The number of rotatable bonds is 0. The first kappa shape index (κ1) is 7.47. The van der Waals surface area contributed by atoms with Gasteiger partial charge in [-0.2, -0.15) is 0 Å². The predicted molar refractivity (Wildman–Crippen MR) is 42.0 cm³/mol. The molecule has 0 aliphatic rings. The van der Waals surface area contributed by atoms with Gasteiger partial charge in [0, 0.05) is 6.92 Å². The van der Waals surface area contributed by atoms with Crippen molar-refractivity contribution in [2.24, 2.45) is 4.99 Å². The lowest BCUT2D eigenvalue weighted by Gasteiger charge is -1.60. The summed E-state index contributed by atoms with van der Waals surface area (Å²) in [5.74, 6) is 0. The molecule has 0 spiro atoms. The average molecular weight is 129 g/mol. The molecule has 0 saturated carbocycles. The smallest absolute Gasteiger partial charge is 0.206 e. The number of nitrogens with zero attached hydrogens (tertiary/aromatic N) is 2. The summed E-state index contributed by atoms with van der Waals surface area (Å²) >= 11 is 3.91. The van der Waals surface area contributed by atoms with Crippen molar-refractivity contribution in [3.8, 4) is 0 Å². The summed E-state index contributed by atoms with van der Waals surface area (Å²) in [4.78, 5) is 3.77. The Morgan fingerprint density at radius 1 is 1.62 bits per heavy atom.